The first-order valence-electron chi connectivity index (χ1n) is 9.15. The number of nitrogens with one attached hydrogen (secondary N) is 2. The first-order valence-corrected chi connectivity index (χ1v) is 9.15. The van der Waals surface area contributed by atoms with Crippen LogP contribution in [0.4, 0.5) is 5.69 Å². The Morgan fingerprint density at radius 2 is 2.20 bits per heavy atom. The van der Waals surface area contributed by atoms with Crippen molar-refractivity contribution in [2.24, 2.45) is 17.8 Å². The van der Waals surface area contributed by atoms with E-state index < -0.39 is 6.10 Å². The van der Waals surface area contributed by atoms with E-state index in [1.165, 1.54) is 0 Å². The van der Waals surface area contributed by atoms with Gasteiger partial charge < -0.3 is 15.4 Å². The van der Waals surface area contributed by atoms with Crippen LogP contribution >= 0.6 is 0 Å². The number of amides is 2. The minimum absolute atomic E-state index is 0.0952. The molecule has 1 saturated carbocycles. The second-order valence-electron chi connectivity index (χ2n) is 7.38. The Bertz CT molecular complexity index is 742. The minimum Gasteiger partial charge on any atom is -0.478 e. The number of anilines is 1. The van der Waals surface area contributed by atoms with Crippen LogP contribution in [0, 0.1) is 17.8 Å². The van der Waals surface area contributed by atoms with Crippen molar-refractivity contribution in [2.45, 2.75) is 45.3 Å². The van der Waals surface area contributed by atoms with E-state index in [2.05, 4.69) is 22.8 Å². The van der Waals surface area contributed by atoms with E-state index in [0.29, 0.717) is 29.7 Å². The maximum Gasteiger partial charge on any atom is 0.265 e. The van der Waals surface area contributed by atoms with Gasteiger partial charge in [-0.1, -0.05) is 25.1 Å². The van der Waals surface area contributed by atoms with Crippen LogP contribution in [0.5, 0.6) is 5.75 Å². The molecule has 2 bridgehead atoms. The van der Waals surface area contributed by atoms with Gasteiger partial charge in [-0.15, -0.1) is 0 Å². The van der Waals surface area contributed by atoms with E-state index in [-0.39, 0.29) is 23.8 Å². The van der Waals surface area contributed by atoms with Gasteiger partial charge in [0.15, 0.2) is 6.10 Å². The van der Waals surface area contributed by atoms with Crippen molar-refractivity contribution in [1.82, 2.24) is 5.32 Å². The van der Waals surface area contributed by atoms with E-state index in [0.717, 1.165) is 18.4 Å². The van der Waals surface area contributed by atoms with Crippen LogP contribution in [0.3, 0.4) is 0 Å². The van der Waals surface area contributed by atoms with Crippen LogP contribution in [0.15, 0.2) is 30.4 Å². The Balaban J connectivity index is 1.46. The second kappa shape index (κ2) is 6.21. The van der Waals surface area contributed by atoms with Gasteiger partial charge in [-0.25, -0.2) is 0 Å². The van der Waals surface area contributed by atoms with Crippen molar-refractivity contribution >= 4 is 17.5 Å². The van der Waals surface area contributed by atoms with Gasteiger partial charge in [-0.3, -0.25) is 9.59 Å². The zero-order valence-corrected chi connectivity index (χ0v) is 14.6. The maximum absolute atomic E-state index is 12.6. The quantitative estimate of drug-likeness (QED) is 0.827. The lowest BCUT2D eigenvalue weighted by atomic mass is 9.92. The lowest BCUT2D eigenvalue weighted by Gasteiger charge is -2.27. The average molecular weight is 340 g/mol. The van der Waals surface area contributed by atoms with Crippen LogP contribution in [-0.4, -0.2) is 17.9 Å². The molecule has 5 heteroatoms. The number of allylic oxidation sites excluding steroid dienone is 2. The van der Waals surface area contributed by atoms with E-state index >= 15 is 0 Å². The zero-order valence-electron chi connectivity index (χ0n) is 14.6. The van der Waals surface area contributed by atoms with Crippen molar-refractivity contribution in [1.29, 1.82) is 0 Å². The predicted molar refractivity (Wildman–Crippen MR) is 95.2 cm³/mol. The summed E-state index contributed by atoms with van der Waals surface area (Å²) in [6.07, 6.45) is 6.71. The molecule has 5 nitrogen and oxygen atoms in total. The van der Waals surface area contributed by atoms with E-state index in [1.807, 2.05) is 32.0 Å². The number of benzene rings is 1. The number of carbonyl (C=O) groups is 2. The molecule has 132 valence electrons. The van der Waals surface area contributed by atoms with Crippen molar-refractivity contribution < 1.29 is 14.3 Å². The van der Waals surface area contributed by atoms with Crippen LogP contribution in [0.25, 0.3) is 0 Å². The van der Waals surface area contributed by atoms with Gasteiger partial charge in [-0.05, 0) is 55.7 Å². The largest absolute Gasteiger partial charge is 0.478 e. The normalized spacial score (nSPS) is 30.4. The van der Waals surface area contributed by atoms with Gasteiger partial charge in [-0.2, -0.15) is 0 Å². The molecule has 1 heterocycles. The second-order valence-corrected chi connectivity index (χ2v) is 7.38. The van der Waals surface area contributed by atoms with E-state index in [4.69, 9.17) is 4.74 Å². The highest BCUT2D eigenvalue weighted by Crippen LogP contribution is 2.43. The molecule has 3 aliphatic rings. The Morgan fingerprint density at radius 1 is 1.36 bits per heavy atom. The summed E-state index contributed by atoms with van der Waals surface area (Å²) < 4.78 is 5.80. The van der Waals surface area contributed by atoms with Crippen LogP contribution in [-0.2, 0) is 9.59 Å². The Morgan fingerprint density at radius 3 is 2.88 bits per heavy atom. The molecule has 1 aromatic carbocycles. The highest BCUT2D eigenvalue weighted by molar-refractivity contribution is 5.97. The molecule has 5 atom stereocenters. The number of carbonyl (C=O) groups excluding carboxylic acids is 2. The lowest BCUT2D eigenvalue weighted by molar-refractivity contribution is -0.126. The molecule has 0 spiro atoms. The zero-order chi connectivity index (χ0) is 17.6. The molecule has 0 radical (unpaired) electrons. The highest BCUT2D eigenvalue weighted by Gasteiger charge is 2.40. The molecule has 2 aliphatic carbocycles. The van der Waals surface area contributed by atoms with Crippen molar-refractivity contribution in [3.8, 4) is 5.75 Å². The van der Waals surface area contributed by atoms with Crippen LogP contribution in [0.2, 0.25) is 0 Å². The first-order chi connectivity index (χ1) is 12.0. The summed E-state index contributed by atoms with van der Waals surface area (Å²) in [6.45, 7) is 3.91. The third-order valence-corrected chi connectivity index (χ3v) is 5.67. The fraction of sp³-hybridized carbons (Fsp3) is 0.500. The van der Waals surface area contributed by atoms with E-state index in [9.17, 15) is 9.59 Å². The minimum atomic E-state index is -0.450. The Kier molecular flexibility index (Phi) is 4.02. The summed E-state index contributed by atoms with van der Waals surface area (Å²) in [6, 6.07) is 5.60. The molecular weight excluding hydrogens is 316 g/mol. The number of hydrogen-bond acceptors (Lipinski definition) is 3. The molecule has 2 N–H and O–H groups in total. The van der Waals surface area contributed by atoms with Crippen molar-refractivity contribution in [2.75, 3.05) is 5.32 Å². The summed E-state index contributed by atoms with van der Waals surface area (Å²) in [5, 5.41) is 6.02. The smallest absolute Gasteiger partial charge is 0.265 e. The number of hydrogen-bond donors (Lipinski definition) is 2. The monoisotopic (exact) mass is 340 g/mol. The molecule has 1 aromatic rings. The van der Waals surface area contributed by atoms with Gasteiger partial charge in [0.1, 0.15) is 5.75 Å². The fourth-order valence-electron chi connectivity index (χ4n) is 4.18. The number of rotatable bonds is 4. The standard InChI is InChI=1S/C20H24N2O3/c1-3-17-20(24)22-16-7-6-13(10-18(16)25-17)11(2)21-19(23)15-9-12-4-5-14(15)8-12/h4-7,10-12,14-15,17H,3,8-9H2,1-2H3,(H,21,23)(H,22,24)/t11-,12+,14+,15+,17+/m1/s1. The molecular formula is C20H24N2O3. The summed E-state index contributed by atoms with van der Waals surface area (Å²) in [5.74, 6) is 1.81. The Labute approximate surface area is 147 Å². The molecule has 25 heavy (non-hydrogen) atoms. The molecule has 0 saturated heterocycles. The third kappa shape index (κ3) is 2.92. The van der Waals surface area contributed by atoms with E-state index in [1.54, 1.807) is 0 Å². The third-order valence-electron chi connectivity index (χ3n) is 5.67. The predicted octanol–water partition coefficient (Wildman–Crippen LogP) is 3.19. The van der Waals surface area contributed by atoms with Gasteiger partial charge in [0.2, 0.25) is 5.91 Å². The molecule has 1 aliphatic heterocycles. The highest BCUT2D eigenvalue weighted by atomic mass is 16.5. The molecule has 4 rings (SSSR count). The lowest BCUT2D eigenvalue weighted by Crippen LogP contribution is -2.37. The van der Waals surface area contributed by atoms with Gasteiger partial charge in [0.25, 0.3) is 5.91 Å². The molecule has 0 unspecified atom stereocenters. The Hall–Kier alpha value is -2.30. The summed E-state index contributed by atoms with van der Waals surface area (Å²) in [7, 11) is 0. The topological polar surface area (TPSA) is 67.4 Å². The maximum atomic E-state index is 12.6. The molecule has 1 fully saturated rings. The van der Waals surface area contributed by atoms with Gasteiger partial charge in [0, 0.05) is 5.92 Å². The average Bonchev–Trinajstić information content (AvgIpc) is 3.24. The van der Waals surface area contributed by atoms with Gasteiger partial charge >= 0.3 is 0 Å². The molecule has 2 amide bonds. The number of ether oxygens (including phenoxy) is 1. The fourth-order valence-corrected chi connectivity index (χ4v) is 4.18. The number of fused-ring (bicyclic) bond motifs is 3. The summed E-state index contributed by atoms with van der Waals surface area (Å²) >= 11 is 0. The summed E-state index contributed by atoms with van der Waals surface area (Å²) in [5.41, 5.74) is 1.67. The van der Waals surface area contributed by atoms with Crippen molar-refractivity contribution in [3.05, 3.63) is 35.9 Å². The SMILES string of the molecule is CC[C@@H]1Oc2cc([C@@H](C)NC(=O)[C@H]3C[C@H]4C=C[C@H]3C4)ccc2NC1=O. The summed E-state index contributed by atoms with van der Waals surface area (Å²) in [4.78, 5) is 24.5. The first kappa shape index (κ1) is 16.2. The van der Waals surface area contributed by atoms with Crippen molar-refractivity contribution in [3.63, 3.8) is 0 Å². The molecule has 0 aromatic heterocycles. The van der Waals surface area contributed by atoms with Crippen LogP contribution in [0.1, 0.15) is 44.7 Å². The van der Waals surface area contributed by atoms with Gasteiger partial charge in [0.05, 0.1) is 11.7 Å². The van der Waals surface area contributed by atoms with Crippen LogP contribution < -0.4 is 15.4 Å².